The maximum absolute atomic E-state index is 5.98. The van der Waals surface area contributed by atoms with Crippen LogP contribution in [0.15, 0.2) is 30.5 Å². The maximum Gasteiger partial charge on any atom is 0.147 e. The lowest BCUT2D eigenvalue weighted by molar-refractivity contribution is 0.606. The molecule has 0 bridgehead atoms. The summed E-state index contributed by atoms with van der Waals surface area (Å²) in [6, 6.07) is 8.69. The largest absolute Gasteiger partial charge is 0.327 e. The minimum absolute atomic E-state index is 0.348. The SMILES string of the molecule is CC(C)n1cc(Cl)nc1-c1ccc(CBr)cc1. The van der Waals surface area contributed by atoms with Crippen molar-refractivity contribution in [2.75, 3.05) is 0 Å². The Labute approximate surface area is 115 Å². The number of alkyl halides is 1. The van der Waals surface area contributed by atoms with Gasteiger partial charge in [-0.1, -0.05) is 51.8 Å². The van der Waals surface area contributed by atoms with E-state index in [9.17, 15) is 0 Å². The highest BCUT2D eigenvalue weighted by Crippen LogP contribution is 2.25. The summed E-state index contributed by atoms with van der Waals surface area (Å²) >= 11 is 9.42. The molecule has 0 aliphatic rings. The van der Waals surface area contributed by atoms with Gasteiger partial charge in [-0.2, -0.15) is 0 Å². The van der Waals surface area contributed by atoms with E-state index in [1.54, 1.807) is 0 Å². The first-order valence-electron chi connectivity index (χ1n) is 5.51. The minimum Gasteiger partial charge on any atom is -0.327 e. The molecule has 0 aliphatic heterocycles. The molecule has 0 radical (unpaired) electrons. The molecular weight excluding hydrogens is 300 g/mol. The smallest absolute Gasteiger partial charge is 0.147 e. The van der Waals surface area contributed by atoms with E-state index in [0.717, 1.165) is 16.7 Å². The third-order valence-corrected chi connectivity index (χ3v) is 3.46. The first kappa shape index (κ1) is 12.7. The van der Waals surface area contributed by atoms with Gasteiger partial charge >= 0.3 is 0 Å². The Morgan fingerprint density at radius 2 is 1.94 bits per heavy atom. The van der Waals surface area contributed by atoms with Crippen molar-refractivity contribution in [3.8, 4) is 11.4 Å². The zero-order valence-corrected chi connectivity index (χ0v) is 12.2. The maximum atomic E-state index is 5.98. The van der Waals surface area contributed by atoms with Crippen molar-refractivity contribution >= 4 is 27.5 Å². The molecule has 0 fully saturated rings. The molecule has 0 aliphatic carbocycles. The van der Waals surface area contributed by atoms with Gasteiger partial charge in [0.1, 0.15) is 11.0 Å². The zero-order valence-electron chi connectivity index (χ0n) is 9.82. The van der Waals surface area contributed by atoms with E-state index in [4.69, 9.17) is 11.6 Å². The normalized spacial score (nSPS) is 11.1. The molecule has 0 saturated carbocycles. The summed E-state index contributed by atoms with van der Waals surface area (Å²) in [4.78, 5) is 4.37. The van der Waals surface area contributed by atoms with Crippen LogP contribution in [0.2, 0.25) is 5.15 Å². The molecule has 90 valence electrons. The summed E-state index contributed by atoms with van der Waals surface area (Å²) in [5, 5.41) is 1.41. The third kappa shape index (κ3) is 2.72. The van der Waals surface area contributed by atoms with Gasteiger partial charge in [0.2, 0.25) is 0 Å². The first-order chi connectivity index (χ1) is 8.11. The highest BCUT2D eigenvalue weighted by Gasteiger charge is 2.11. The number of hydrogen-bond acceptors (Lipinski definition) is 1. The fourth-order valence-electron chi connectivity index (χ4n) is 1.71. The fourth-order valence-corrected chi connectivity index (χ4v) is 2.27. The highest BCUT2D eigenvalue weighted by atomic mass is 79.9. The number of aromatic nitrogens is 2. The van der Waals surface area contributed by atoms with Crippen molar-refractivity contribution in [3.63, 3.8) is 0 Å². The van der Waals surface area contributed by atoms with Gasteiger partial charge in [0.25, 0.3) is 0 Å². The quantitative estimate of drug-likeness (QED) is 0.752. The van der Waals surface area contributed by atoms with Crippen LogP contribution < -0.4 is 0 Å². The molecule has 2 aromatic rings. The Kier molecular flexibility index (Phi) is 3.89. The number of benzene rings is 1. The van der Waals surface area contributed by atoms with Crippen molar-refractivity contribution in [2.45, 2.75) is 25.2 Å². The molecule has 4 heteroatoms. The van der Waals surface area contributed by atoms with E-state index in [1.165, 1.54) is 5.56 Å². The molecule has 2 nitrogen and oxygen atoms in total. The van der Waals surface area contributed by atoms with E-state index in [1.807, 2.05) is 6.20 Å². The summed E-state index contributed by atoms with van der Waals surface area (Å²) in [7, 11) is 0. The molecule has 0 unspecified atom stereocenters. The van der Waals surface area contributed by atoms with Crippen LogP contribution >= 0.6 is 27.5 Å². The Morgan fingerprint density at radius 1 is 1.29 bits per heavy atom. The molecule has 1 aromatic heterocycles. The van der Waals surface area contributed by atoms with Gasteiger partial charge in [0.15, 0.2) is 0 Å². The highest BCUT2D eigenvalue weighted by molar-refractivity contribution is 9.08. The fraction of sp³-hybridized carbons (Fsp3) is 0.308. The molecule has 0 N–H and O–H groups in total. The minimum atomic E-state index is 0.348. The molecule has 0 spiro atoms. The second kappa shape index (κ2) is 5.23. The Balaban J connectivity index is 2.44. The molecule has 0 amide bonds. The van der Waals surface area contributed by atoms with E-state index >= 15 is 0 Å². The van der Waals surface area contributed by atoms with Crippen LogP contribution in [0.3, 0.4) is 0 Å². The van der Waals surface area contributed by atoms with Gasteiger partial charge in [0.05, 0.1) is 0 Å². The molecular formula is C13H14BrClN2. The Hall–Kier alpha value is -0.800. The average molecular weight is 314 g/mol. The van der Waals surface area contributed by atoms with Crippen LogP contribution in [-0.2, 0) is 5.33 Å². The Bertz CT molecular complexity index is 503. The molecule has 1 aromatic carbocycles. The van der Waals surface area contributed by atoms with Crippen molar-refractivity contribution in [3.05, 3.63) is 41.2 Å². The predicted molar refractivity (Wildman–Crippen MR) is 75.7 cm³/mol. The van der Waals surface area contributed by atoms with E-state index < -0.39 is 0 Å². The van der Waals surface area contributed by atoms with E-state index in [2.05, 4.69) is 63.6 Å². The zero-order chi connectivity index (χ0) is 12.4. The lowest BCUT2D eigenvalue weighted by Gasteiger charge is -2.11. The number of imidazole rings is 1. The summed E-state index contributed by atoms with van der Waals surface area (Å²) in [6.45, 7) is 4.24. The Morgan fingerprint density at radius 3 is 2.47 bits per heavy atom. The topological polar surface area (TPSA) is 17.8 Å². The van der Waals surface area contributed by atoms with Crippen LogP contribution in [0, 0.1) is 0 Å². The molecule has 2 rings (SSSR count). The number of halogens is 2. The number of nitrogens with zero attached hydrogens (tertiary/aromatic N) is 2. The van der Waals surface area contributed by atoms with Crippen molar-refractivity contribution in [2.24, 2.45) is 0 Å². The second-order valence-electron chi connectivity index (χ2n) is 4.22. The van der Waals surface area contributed by atoms with Crippen molar-refractivity contribution in [1.29, 1.82) is 0 Å². The second-order valence-corrected chi connectivity index (χ2v) is 5.17. The molecule has 0 saturated heterocycles. The van der Waals surface area contributed by atoms with Gasteiger partial charge in [-0.25, -0.2) is 4.98 Å². The lowest BCUT2D eigenvalue weighted by atomic mass is 10.1. The van der Waals surface area contributed by atoms with E-state index in [-0.39, 0.29) is 0 Å². The van der Waals surface area contributed by atoms with Gasteiger partial charge in [0, 0.05) is 23.1 Å². The van der Waals surface area contributed by atoms with Gasteiger partial charge in [-0.3, -0.25) is 0 Å². The van der Waals surface area contributed by atoms with Gasteiger partial charge < -0.3 is 4.57 Å². The monoisotopic (exact) mass is 312 g/mol. The molecule has 17 heavy (non-hydrogen) atoms. The van der Waals surface area contributed by atoms with Crippen LogP contribution in [0.5, 0.6) is 0 Å². The third-order valence-electron chi connectivity index (χ3n) is 2.63. The summed E-state index contributed by atoms with van der Waals surface area (Å²) in [5.41, 5.74) is 2.35. The van der Waals surface area contributed by atoms with Gasteiger partial charge in [-0.15, -0.1) is 0 Å². The number of rotatable bonds is 3. The standard InChI is InChI=1S/C13H14BrClN2/c1-9(2)17-8-12(15)16-13(17)11-5-3-10(7-14)4-6-11/h3-6,8-9H,7H2,1-2H3. The van der Waals surface area contributed by atoms with Gasteiger partial charge in [-0.05, 0) is 19.4 Å². The molecule has 1 heterocycles. The van der Waals surface area contributed by atoms with Crippen LogP contribution in [-0.4, -0.2) is 9.55 Å². The van der Waals surface area contributed by atoms with E-state index in [0.29, 0.717) is 11.2 Å². The summed E-state index contributed by atoms with van der Waals surface area (Å²) in [6.07, 6.45) is 1.87. The lowest BCUT2D eigenvalue weighted by Crippen LogP contribution is -2.01. The summed E-state index contributed by atoms with van der Waals surface area (Å²) in [5.74, 6) is 0.922. The molecule has 0 atom stereocenters. The van der Waals surface area contributed by atoms with Crippen LogP contribution in [0.1, 0.15) is 25.5 Å². The van der Waals surface area contributed by atoms with Crippen molar-refractivity contribution in [1.82, 2.24) is 9.55 Å². The summed E-state index contributed by atoms with van der Waals surface area (Å²) < 4.78 is 2.09. The average Bonchev–Trinajstić information content (AvgIpc) is 2.72. The number of hydrogen-bond donors (Lipinski definition) is 0. The van der Waals surface area contributed by atoms with Crippen LogP contribution in [0.4, 0.5) is 0 Å². The first-order valence-corrected chi connectivity index (χ1v) is 7.01. The van der Waals surface area contributed by atoms with Crippen LogP contribution in [0.25, 0.3) is 11.4 Å². The predicted octanol–water partition coefficient (Wildman–Crippen LogP) is 4.68. The van der Waals surface area contributed by atoms with Crippen molar-refractivity contribution < 1.29 is 0 Å².